The highest BCUT2D eigenvalue weighted by atomic mass is 32.1. The first kappa shape index (κ1) is 17.5. The number of aryl methyl sites for hydroxylation is 2. The van der Waals surface area contributed by atoms with Gasteiger partial charge in [-0.3, -0.25) is 4.79 Å². The third-order valence-corrected chi connectivity index (χ3v) is 6.85. The Labute approximate surface area is 148 Å². The van der Waals surface area contributed by atoms with Crippen LogP contribution >= 0.6 is 11.3 Å². The predicted octanol–water partition coefficient (Wildman–Crippen LogP) is 3.72. The predicted molar refractivity (Wildman–Crippen MR) is 95.3 cm³/mol. The SMILES string of the molecule is C[C@@H]1[C@@H](C)CCC[C@H]1NC(=O)[C@@H](C)OC(=O)c1cc2c(s1)CCC2. The smallest absolute Gasteiger partial charge is 0.349 e. The van der Waals surface area contributed by atoms with Crippen molar-refractivity contribution >= 4 is 23.2 Å². The van der Waals surface area contributed by atoms with Gasteiger partial charge in [-0.1, -0.05) is 26.7 Å². The highest BCUT2D eigenvalue weighted by molar-refractivity contribution is 7.14. The van der Waals surface area contributed by atoms with E-state index in [0.29, 0.717) is 16.7 Å². The Kier molecular flexibility index (Phi) is 5.28. The van der Waals surface area contributed by atoms with Crippen LogP contribution in [0.25, 0.3) is 0 Å². The number of carbonyl (C=O) groups is 2. The van der Waals surface area contributed by atoms with E-state index < -0.39 is 6.10 Å². The summed E-state index contributed by atoms with van der Waals surface area (Å²) in [7, 11) is 0. The minimum Gasteiger partial charge on any atom is -0.448 e. The number of thiophene rings is 1. The molecule has 0 unspecified atom stereocenters. The Morgan fingerprint density at radius 3 is 2.79 bits per heavy atom. The van der Waals surface area contributed by atoms with Crippen LogP contribution in [0.15, 0.2) is 6.07 Å². The molecule has 1 fully saturated rings. The van der Waals surface area contributed by atoms with Crippen molar-refractivity contribution in [3.05, 3.63) is 21.4 Å². The highest BCUT2D eigenvalue weighted by Gasteiger charge is 2.30. The van der Waals surface area contributed by atoms with Crippen molar-refractivity contribution in [1.82, 2.24) is 5.32 Å². The Bertz CT molecular complexity index is 603. The third-order valence-electron chi connectivity index (χ3n) is 5.64. The molecule has 1 heterocycles. The molecule has 0 bridgehead atoms. The molecule has 24 heavy (non-hydrogen) atoms. The van der Waals surface area contributed by atoms with Crippen LogP contribution in [0.2, 0.25) is 0 Å². The van der Waals surface area contributed by atoms with Crippen molar-refractivity contribution in [2.75, 3.05) is 0 Å². The lowest BCUT2D eigenvalue weighted by molar-refractivity contribution is -0.130. The molecule has 132 valence electrons. The molecular weight excluding hydrogens is 322 g/mol. The van der Waals surface area contributed by atoms with Gasteiger partial charge in [-0.05, 0) is 56.1 Å². The second-order valence-electron chi connectivity index (χ2n) is 7.34. The maximum Gasteiger partial charge on any atom is 0.349 e. The molecule has 5 heteroatoms. The van der Waals surface area contributed by atoms with Gasteiger partial charge in [0, 0.05) is 10.9 Å². The number of esters is 1. The average Bonchev–Trinajstić information content (AvgIpc) is 3.13. The van der Waals surface area contributed by atoms with Gasteiger partial charge in [0.25, 0.3) is 5.91 Å². The first-order chi connectivity index (χ1) is 11.5. The van der Waals surface area contributed by atoms with E-state index in [-0.39, 0.29) is 17.9 Å². The second-order valence-corrected chi connectivity index (χ2v) is 8.48. The van der Waals surface area contributed by atoms with E-state index in [9.17, 15) is 9.59 Å². The van der Waals surface area contributed by atoms with Crippen LogP contribution in [0.4, 0.5) is 0 Å². The van der Waals surface area contributed by atoms with Gasteiger partial charge in [-0.15, -0.1) is 11.3 Å². The lowest BCUT2D eigenvalue weighted by atomic mass is 9.78. The van der Waals surface area contributed by atoms with Gasteiger partial charge >= 0.3 is 5.97 Å². The van der Waals surface area contributed by atoms with Gasteiger partial charge in [0.1, 0.15) is 4.88 Å². The van der Waals surface area contributed by atoms with Crippen LogP contribution in [0, 0.1) is 11.8 Å². The van der Waals surface area contributed by atoms with E-state index in [2.05, 4.69) is 19.2 Å². The number of fused-ring (bicyclic) bond motifs is 1. The second kappa shape index (κ2) is 7.26. The summed E-state index contributed by atoms with van der Waals surface area (Å²) < 4.78 is 5.40. The monoisotopic (exact) mass is 349 g/mol. The lowest BCUT2D eigenvalue weighted by Gasteiger charge is -2.35. The summed E-state index contributed by atoms with van der Waals surface area (Å²) in [4.78, 5) is 26.6. The molecule has 1 N–H and O–H groups in total. The summed E-state index contributed by atoms with van der Waals surface area (Å²) >= 11 is 1.51. The average molecular weight is 349 g/mol. The number of hydrogen-bond donors (Lipinski definition) is 1. The molecule has 4 atom stereocenters. The van der Waals surface area contributed by atoms with Crippen molar-refractivity contribution in [3.8, 4) is 0 Å². The van der Waals surface area contributed by atoms with Gasteiger partial charge in [-0.2, -0.15) is 0 Å². The zero-order chi connectivity index (χ0) is 17.3. The number of hydrogen-bond acceptors (Lipinski definition) is 4. The maximum absolute atomic E-state index is 12.4. The fourth-order valence-electron chi connectivity index (χ4n) is 3.79. The first-order valence-corrected chi connectivity index (χ1v) is 9.90. The molecule has 4 nitrogen and oxygen atoms in total. The van der Waals surface area contributed by atoms with Gasteiger partial charge in [0.2, 0.25) is 0 Å². The summed E-state index contributed by atoms with van der Waals surface area (Å²) in [6.07, 6.45) is 5.91. The van der Waals surface area contributed by atoms with Gasteiger partial charge in [0.15, 0.2) is 6.10 Å². The third kappa shape index (κ3) is 3.66. The van der Waals surface area contributed by atoms with E-state index >= 15 is 0 Å². The number of ether oxygens (including phenoxy) is 1. The number of nitrogens with one attached hydrogen (secondary N) is 1. The Morgan fingerprint density at radius 2 is 2.04 bits per heavy atom. The minimum atomic E-state index is -0.751. The summed E-state index contributed by atoms with van der Waals surface area (Å²) in [5, 5.41) is 3.08. The summed E-state index contributed by atoms with van der Waals surface area (Å²) in [5.41, 5.74) is 1.27. The zero-order valence-electron chi connectivity index (χ0n) is 14.8. The van der Waals surface area contributed by atoms with Gasteiger partial charge in [-0.25, -0.2) is 4.79 Å². The topological polar surface area (TPSA) is 55.4 Å². The van der Waals surface area contributed by atoms with Crippen LogP contribution in [0.5, 0.6) is 0 Å². The summed E-state index contributed by atoms with van der Waals surface area (Å²) in [6, 6.07) is 2.12. The molecule has 0 aliphatic heterocycles. The molecule has 2 aliphatic rings. The van der Waals surface area contributed by atoms with Gasteiger partial charge < -0.3 is 10.1 Å². The molecule has 0 saturated heterocycles. The van der Waals surface area contributed by atoms with E-state index in [4.69, 9.17) is 4.74 Å². The number of rotatable bonds is 4. The van der Waals surface area contributed by atoms with E-state index in [1.165, 1.54) is 34.6 Å². The van der Waals surface area contributed by atoms with Crippen LogP contribution < -0.4 is 5.32 Å². The van der Waals surface area contributed by atoms with Crippen LogP contribution in [-0.2, 0) is 22.4 Å². The van der Waals surface area contributed by atoms with E-state index in [1.807, 2.05) is 6.07 Å². The molecule has 0 aromatic carbocycles. The van der Waals surface area contributed by atoms with E-state index in [1.54, 1.807) is 6.92 Å². The standard InChI is InChI=1S/C19H27NO3S/c1-11-6-4-8-15(12(11)2)20-18(21)13(3)23-19(22)17-10-14-7-5-9-16(14)24-17/h10-13,15H,4-9H2,1-3H3,(H,20,21)/t11-,12+,13+,15+/m0/s1. The van der Waals surface area contributed by atoms with Crippen molar-refractivity contribution in [3.63, 3.8) is 0 Å². The highest BCUT2D eigenvalue weighted by Crippen LogP contribution is 2.31. The first-order valence-electron chi connectivity index (χ1n) is 9.08. The number of amides is 1. The van der Waals surface area contributed by atoms with Crippen LogP contribution in [0.1, 0.15) is 66.6 Å². The molecule has 1 aromatic rings. The lowest BCUT2D eigenvalue weighted by Crippen LogP contribution is -2.47. The van der Waals surface area contributed by atoms with Crippen LogP contribution in [0.3, 0.4) is 0 Å². The van der Waals surface area contributed by atoms with Crippen molar-refractivity contribution < 1.29 is 14.3 Å². The molecule has 2 aliphatic carbocycles. The quantitative estimate of drug-likeness (QED) is 0.843. The fourth-order valence-corrected chi connectivity index (χ4v) is 4.92. The largest absolute Gasteiger partial charge is 0.448 e. The van der Waals surface area contributed by atoms with Crippen LogP contribution in [-0.4, -0.2) is 24.0 Å². The normalized spacial score (nSPS) is 27.4. The zero-order valence-corrected chi connectivity index (χ0v) is 15.6. The van der Waals surface area contributed by atoms with E-state index in [0.717, 1.165) is 25.7 Å². The minimum absolute atomic E-state index is 0.182. The van der Waals surface area contributed by atoms with Crippen molar-refractivity contribution in [2.45, 2.75) is 71.4 Å². The molecule has 0 radical (unpaired) electrons. The Balaban J connectivity index is 1.54. The van der Waals surface area contributed by atoms with Crippen molar-refractivity contribution in [1.29, 1.82) is 0 Å². The molecule has 1 saturated carbocycles. The molecular formula is C19H27NO3S. The van der Waals surface area contributed by atoms with Crippen molar-refractivity contribution in [2.24, 2.45) is 11.8 Å². The van der Waals surface area contributed by atoms with Gasteiger partial charge in [0.05, 0.1) is 0 Å². The molecule has 0 spiro atoms. The molecule has 1 aromatic heterocycles. The number of carbonyl (C=O) groups excluding carboxylic acids is 2. The summed E-state index contributed by atoms with van der Waals surface area (Å²) in [6.45, 7) is 6.09. The summed E-state index contributed by atoms with van der Waals surface area (Å²) in [5.74, 6) is 0.529. The Morgan fingerprint density at radius 1 is 1.25 bits per heavy atom. The maximum atomic E-state index is 12.4. The Hall–Kier alpha value is -1.36. The fraction of sp³-hybridized carbons (Fsp3) is 0.684. The molecule has 3 rings (SSSR count). The molecule has 1 amide bonds.